The molecule has 1 fully saturated rings. The van der Waals surface area contributed by atoms with Crippen molar-refractivity contribution in [1.82, 2.24) is 0 Å². The van der Waals surface area contributed by atoms with Crippen molar-refractivity contribution in [2.45, 2.75) is 38.6 Å². The van der Waals surface area contributed by atoms with Crippen LogP contribution in [0.15, 0.2) is 22.8 Å². The second kappa shape index (κ2) is 4.07. The molecule has 1 aromatic rings. The van der Waals surface area contributed by atoms with Crippen molar-refractivity contribution in [1.29, 1.82) is 0 Å². The second-order valence-electron chi connectivity index (χ2n) is 4.48. The molecule has 78 valence electrons. The van der Waals surface area contributed by atoms with E-state index in [2.05, 4.69) is 18.9 Å². The SMILES string of the molecule is CC1CCC(N(C)c2ccco2)CC1. The minimum absolute atomic E-state index is 0.678. The first kappa shape index (κ1) is 9.63. The molecule has 0 unspecified atom stereocenters. The van der Waals surface area contributed by atoms with Crippen molar-refractivity contribution in [3.8, 4) is 0 Å². The summed E-state index contributed by atoms with van der Waals surface area (Å²) in [5.41, 5.74) is 0. The molecule has 1 aliphatic carbocycles. The maximum atomic E-state index is 5.40. The van der Waals surface area contributed by atoms with Crippen LogP contribution in [0.4, 0.5) is 5.88 Å². The molecule has 1 aromatic heterocycles. The maximum Gasteiger partial charge on any atom is 0.195 e. The van der Waals surface area contributed by atoms with Gasteiger partial charge in [-0.25, -0.2) is 0 Å². The van der Waals surface area contributed by atoms with Gasteiger partial charge in [-0.3, -0.25) is 0 Å². The Balaban J connectivity index is 1.95. The molecule has 2 nitrogen and oxygen atoms in total. The zero-order valence-corrected chi connectivity index (χ0v) is 9.07. The van der Waals surface area contributed by atoms with Crippen LogP contribution in [-0.4, -0.2) is 13.1 Å². The first-order valence-corrected chi connectivity index (χ1v) is 5.53. The van der Waals surface area contributed by atoms with Crippen LogP contribution in [0.2, 0.25) is 0 Å². The zero-order valence-electron chi connectivity index (χ0n) is 9.07. The van der Waals surface area contributed by atoms with Crippen molar-refractivity contribution in [2.75, 3.05) is 11.9 Å². The average Bonchev–Trinajstić information content (AvgIpc) is 2.71. The Morgan fingerprint density at radius 1 is 1.29 bits per heavy atom. The fourth-order valence-corrected chi connectivity index (χ4v) is 2.28. The van der Waals surface area contributed by atoms with Crippen molar-refractivity contribution in [2.24, 2.45) is 5.92 Å². The van der Waals surface area contributed by atoms with Gasteiger partial charge in [-0.05, 0) is 37.7 Å². The van der Waals surface area contributed by atoms with Crippen LogP contribution in [0.1, 0.15) is 32.6 Å². The second-order valence-corrected chi connectivity index (χ2v) is 4.48. The third kappa shape index (κ3) is 1.94. The third-order valence-electron chi connectivity index (χ3n) is 3.39. The zero-order chi connectivity index (χ0) is 9.97. The molecule has 0 radical (unpaired) electrons. The lowest BCUT2D eigenvalue weighted by molar-refractivity contribution is 0.333. The molecule has 0 spiro atoms. The molecule has 2 rings (SSSR count). The van der Waals surface area contributed by atoms with E-state index in [9.17, 15) is 0 Å². The normalized spacial score (nSPS) is 27.6. The highest BCUT2D eigenvalue weighted by Gasteiger charge is 2.22. The molecule has 0 saturated heterocycles. The minimum atomic E-state index is 0.678. The Kier molecular flexibility index (Phi) is 2.80. The Morgan fingerprint density at radius 2 is 2.00 bits per heavy atom. The van der Waals surface area contributed by atoms with Crippen molar-refractivity contribution >= 4 is 5.88 Å². The van der Waals surface area contributed by atoms with Crippen molar-refractivity contribution in [3.05, 3.63) is 18.4 Å². The lowest BCUT2D eigenvalue weighted by Gasteiger charge is -2.33. The van der Waals surface area contributed by atoms with Gasteiger partial charge < -0.3 is 9.32 Å². The van der Waals surface area contributed by atoms with Gasteiger partial charge >= 0.3 is 0 Å². The Morgan fingerprint density at radius 3 is 2.57 bits per heavy atom. The summed E-state index contributed by atoms with van der Waals surface area (Å²) >= 11 is 0. The number of furan rings is 1. The largest absolute Gasteiger partial charge is 0.449 e. The maximum absolute atomic E-state index is 5.40. The van der Waals surface area contributed by atoms with Crippen molar-refractivity contribution < 1.29 is 4.42 Å². The van der Waals surface area contributed by atoms with Gasteiger partial charge in [0.15, 0.2) is 5.88 Å². The Bertz CT molecular complexity index is 260. The van der Waals surface area contributed by atoms with Crippen LogP contribution >= 0.6 is 0 Å². The van der Waals surface area contributed by atoms with Gasteiger partial charge in [0.05, 0.1) is 6.26 Å². The summed E-state index contributed by atoms with van der Waals surface area (Å²) in [4.78, 5) is 2.28. The monoisotopic (exact) mass is 193 g/mol. The molecule has 1 heterocycles. The van der Waals surface area contributed by atoms with E-state index in [1.165, 1.54) is 25.7 Å². The number of anilines is 1. The lowest BCUT2D eigenvalue weighted by atomic mass is 9.87. The third-order valence-corrected chi connectivity index (χ3v) is 3.39. The summed E-state index contributed by atoms with van der Waals surface area (Å²) < 4.78 is 5.40. The Hall–Kier alpha value is -0.920. The fraction of sp³-hybridized carbons (Fsp3) is 0.667. The van der Waals surface area contributed by atoms with Crippen LogP contribution < -0.4 is 4.90 Å². The van der Waals surface area contributed by atoms with Gasteiger partial charge in [0.2, 0.25) is 0 Å². The van der Waals surface area contributed by atoms with E-state index >= 15 is 0 Å². The predicted octanol–water partition coefficient (Wildman–Crippen LogP) is 3.29. The van der Waals surface area contributed by atoms with E-state index in [1.807, 2.05) is 12.1 Å². The van der Waals surface area contributed by atoms with Gasteiger partial charge in [-0.15, -0.1) is 0 Å². The predicted molar refractivity (Wildman–Crippen MR) is 58.5 cm³/mol. The summed E-state index contributed by atoms with van der Waals surface area (Å²) in [5, 5.41) is 0. The first-order chi connectivity index (χ1) is 6.77. The molecule has 1 aliphatic rings. The fourth-order valence-electron chi connectivity index (χ4n) is 2.28. The molecule has 1 saturated carbocycles. The van der Waals surface area contributed by atoms with E-state index < -0.39 is 0 Å². The molecule has 0 atom stereocenters. The van der Waals surface area contributed by atoms with E-state index in [1.54, 1.807) is 6.26 Å². The highest BCUT2D eigenvalue weighted by Crippen LogP contribution is 2.29. The number of hydrogen-bond donors (Lipinski definition) is 0. The van der Waals surface area contributed by atoms with Gasteiger partial charge in [0.1, 0.15) is 0 Å². The van der Waals surface area contributed by atoms with Crippen LogP contribution in [0.5, 0.6) is 0 Å². The van der Waals surface area contributed by atoms with Crippen LogP contribution in [-0.2, 0) is 0 Å². The molecule has 0 amide bonds. The van der Waals surface area contributed by atoms with Crippen LogP contribution in [0.25, 0.3) is 0 Å². The smallest absolute Gasteiger partial charge is 0.195 e. The lowest BCUT2D eigenvalue weighted by Crippen LogP contribution is -2.34. The average molecular weight is 193 g/mol. The molecule has 14 heavy (non-hydrogen) atoms. The van der Waals surface area contributed by atoms with E-state index in [-0.39, 0.29) is 0 Å². The summed E-state index contributed by atoms with van der Waals surface area (Å²) in [5.74, 6) is 1.92. The molecule has 0 N–H and O–H groups in total. The van der Waals surface area contributed by atoms with Crippen LogP contribution in [0.3, 0.4) is 0 Å². The van der Waals surface area contributed by atoms with Gasteiger partial charge in [0.25, 0.3) is 0 Å². The molecule has 0 aliphatic heterocycles. The molecular formula is C12H19NO. The number of nitrogens with zero attached hydrogens (tertiary/aromatic N) is 1. The van der Waals surface area contributed by atoms with Gasteiger partial charge in [-0.1, -0.05) is 6.92 Å². The van der Waals surface area contributed by atoms with Gasteiger partial charge in [-0.2, -0.15) is 0 Å². The topological polar surface area (TPSA) is 16.4 Å². The number of rotatable bonds is 2. The summed E-state index contributed by atoms with van der Waals surface area (Å²) in [6, 6.07) is 4.67. The van der Waals surface area contributed by atoms with Gasteiger partial charge in [0, 0.05) is 19.2 Å². The quantitative estimate of drug-likeness (QED) is 0.716. The summed E-state index contributed by atoms with van der Waals surface area (Å²) in [6.07, 6.45) is 7.07. The molecular weight excluding hydrogens is 174 g/mol. The standard InChI is InChI=1S/C12H19NO/c1-10-5-7-11(8-6-10)13(2)12-4-3-9-14-12/h3-4,9-11H,5-8H2,1-2H3. The van der Waals surface area contributed by atoms with Crippen molar-refractivity contribution in [3.63, 3.8) is 0 Å². The van der Waals surface area contributed by atoms with Crippen LogP contribution in [0, 0.1) is 5.92 Å². The highest BCUT2D eigenvalue weighted by atomic mass is 16.3. The minimum Gasteiger partial charge on any atom is -0.449 e. The molecule has 0 aromatic carbocycles. The van der Waals surface area contributed by atoms with E-state index in [0.29, 0.717) is 6.04 Å². The highest BCUT2D eigenvalue weighted by molar-refractivity contribution is 5.34. The Labute approximate surface area is 85.9 Å². The first-order valence-electron chi connectivity index (χ1n) is 5.53. The summed E-state index contributed by atoms with van der Waals surface area (Å²) in [7, 11) is 2.14. The summed E-state index contributed by atoms with van der Waals surface area (Å²) in [6.45, 7) is 2.35. The number of hydrogen-bond acceptors (Lipinski definition) is 2. The molecule has 0 bridgehead atoms. The van der Waals surface area contributed by atoms with E-state index in [0.717, 1.165) is 11.8 Å². The van der Waals surface area contributed by atoms with E-state index in [4.69, 9.17) is 4.42 Å². The molecule has 2 heteroatoms.